The molecule has 1 heterocycles. The second kappa shape index (κ2) is 10.5. The lowest BCUT2D eigenvalue weighted by atomic mass is 10.2. The Hall–Kier alpha value is -3.37. The van der Waals surface area contributed by atoms with E-state index in [4.69, 9.17) is 14.0 Å². The lowest BCUT2D eigenvalue weighted by Crippen LogP contribution is -2.30. The van der Waals surface area contributed by atoms with Crippen LogP contribution in [0.15, 0.2) is 57.9 Å². The molecule has 0 saturated carbocycles. The molecule has 0 radical (unpaired) electrons. The fraction of sp³-hybridized carbons (Fsp3) is 0.304. The van der Waals surface area contributed by atoms with Crippen molar-refractivity contribution in [2.24, 2.45) is 0 Å². The fourth-order valence-corrected chi connectivity index (χ4v) is 4.52. The van der Waals surface area contributed by atoms with E-state index < -0.39 is 15.9 Å². The number of nitrogens with zero attached hydrogens (tertiary/aromatic N) is 2. The normalized spacial score (nSPS) is 11.4. The molecule has 2 aromatic carbocycles. The van der Waals surface area contributed by atoms with E-state index in [9.17, 15) is 13.2 Å². The van der Waals surface area contributed by atoms with E-state index in [-0.39, 0.29) is 23.1 Å². The zero-order chi connectivity index (χ0) is 24.0. The molecular weight excluding hydrogens is 446 g/mol. The number of amides is 1. The number of hydrogen-bond donors (Lipinski definition) is 1. The molecule has 9 nitrogen and oxygen atoms in total. The molecule has 1 N–H and O–H groups in total. The smallest absolute Gasteiger partial charge is 0.262 e. The fourth-order valence-electron chi connectivity index (χ4n) is 3.04. The van der Waals surface area contributed by atoms with Gasteiger partial charge in [-0.1, -0.05) is 31.5 Å². The molecule has 0 atom stereocenters. The molecule has 176 valence electrons. The van der Waals surface area contributed by atoms with Crippen LogP contribution in [0.3, 0.4) is 0 Å². The van der Waals surface area contributed by atoms with E-state index >= 15 is 0 Å². The molecule has 1 aromatic heterocycles. The number of aryl methyl sites for hydroxylation is 2. The molecule has 0 aliphatic carbocycles. The van der Waals surface area contributed by atoms with Crippen molar-refractivity contribution in [2.75, 3.05) is 25.0 Å². The van der Waals surface area contributed by atoms with Crippen LogP contribution in [0.1, 0.15) is 25.2 Å². The minimum atomic E-state index is -3.73. The third-order valence-electron chi connectivity index (χ3n) is 4.77. The van der Waals surface area contributed by atoms with Crippen LogP contribution in [0.4, 0.5) is 5.69 Å². The number of nitrogens with one attached hydrogen (secondary N) is 1. The Morgan fingerprint density at radius 1 is 1.06 bits per heavy atom. The first-order valence-corrected chi connectivity index (χ1v) is 11.9. The Kier molecular flexibility index (Phi) is 7.72. The number of anilines is 1. The molecule has 0 bridgehead atoms. The molecule has 10 heteroatoms. The average Bonchev–Trinajstić information content (AvgIpc) is 3.20. The van der Waals surface area contributed by atoms with Crippen LogP contribution < -0.4 is 14.8 Å². The number of carbonyl (C=O) groups excluding carboxylic acids is 1. The van der Waals surface area contributed by atoms with Gasteiger partial charge in [0.05, 0.1) is 10.6 Å². The van der Waals surface area contributed by atoms with Crippen LogP contribution in [-0.4, -0.2) is 43.5 Å². The standard InChI is InChI=1S/C23H27N3O6S/c1-5-26(6-2)33(28,29)19-11-12-21(31-18-9-7-16(3)8-10-18)20(14-19)24-22(27)15-30-23-13-17(4)32-25-23/h7-14H,5-6,15H2,1-4H3,(H,24,27). The van der Waals surface area contributed by atoms with Gasteiger partial charge in [-0.25, -0.2) is 8.42 Å². The summed E-state index contributed by atoms with van der Waals surface area (Å²) in [5.41, 5.74) is 1.27. The van der Waals surface area contributed by atoms with Crippen molar-refractivity contribution in [1.29, 1.82) is 0 Å². The van der Waals surface area contributed by atoms with Gasteiger partial charge in [0.1, 0.15) is 11.5 Å². The van der Waals surface area contributed by atoms with E-state index in [1.165, 1.54) is 22.5 Å². The zero-order valence-electron chi connectivity index (χ0n) is 19.0. The Bertz CT molecular complexity index is 1200. The van der Waals surface area contributed by atoms with Gasteiger partial charge in [-0.3, -0.25) is 4.79 Å². The summed E-state index contributed by atoms with van der Waals surface area (Å²) in [7, 11) is -3.73. The number of sulfonamides is 1. The number of rotatable bonds is 10. The molecule has 0 saturated heterocycles. The summed E-state index contributed by atoms with van der Waals surface area (Å²) in [5, 5.41) is 6.35. The number of hydrogen-bond acceptors (Lipinski definition) is 7. The van der Waals surface area contributed by atoms with E-state index in [0.717, 1.165) is 5.56 Å². The van der Waals surface area contributed by atoms with Crippen LogP contribution in [0.5, 0.6) is 17.4 Å². The van der Waals surface area contributed by atoms with Crippen molar-refractivity contribution < 1.29 is 27.2 Å². The molecule has 0 spiro atoms. The van der Waals surface area contributed by atoms with E-state index in [1.807, 2.05) is 19.1 Å². The van der Waals surface area contributed by atoms with Gasteiger partial charge >= 0.3 is 0 Å². The molecule has 3 rings (SSSR count). The maximum absolute atomic E-state index is 13.0. The lowest BCUT2D eigenvalue weighted by molar-refractivity contribution is -0.118. The topological polar surface area (TPSA) is 111 Å². The quantitative estimate of drug-likeness (QED) is 0.471. The molecule has 0 aliphatic rings. The van der Waals surface area contributed by atoms with Crippen molar-refractivity contribution in [3.63, 3.8) is 0 Å². The predicted molar refractivity (Wildman–Crippen MR) is 123 cm³/mol. The summed E-state index contributed by atoms with van der Waals surface area (Å²) in [4.78, 5) is 12.6. The summed E-state index contributed by atoms with van der Waals surface area (Å²) in [5.74, 6) is 1.06. The van der Waals surface area contributed by atoms with E-state index in [0.29, 0.717) is 30.3 Å². The Morgan fingerprint density at radius 3 is 2.36 bits per heavy atom. The summed E-state index contributed by atoms with van der Waals surface area (Å²) in [6, 6.07) is 13.3. The maximum Gasteiger partial charge on any atom is 0.262 e. The number of carbonyl (C=O) groups is 1. The third-order valence-corrected chi connectivity index (χ3v) is 6.82. The van der Waals surface area contributed by atoms with Crippen LogP contribution in [0, 0.1) is 13.8 Å². The first-order chi connectivity index (χ1) is 15.7. The van der Waals surface area contributed by atoms with Crippen molar-refractivity contribution in [3.8, 4) is 17.4 Å². The Labute approximate surface area is 193 Å². The Morgan fingerprint density at radius 2 is 1.76 bits per heavy atom. The molecule has 3 aromatic rings. The molecule has 1 amide bonds. The van der Waals surface area contributed by atoms with Crippen LogP contribution >= 0.6 is 0 Å². The van der Waals surface area contributed by atoms with Gasteiger partial charge in [-0.2, -0.15) is 4.31 Å². The van der Waals surface area contributed by atoms with Gasteiger partial charge in [0.15, 0.2) is 12.4 Å². The highest BCUT2D eigenvalue weighted by molar-refractivity contribution is 7.89. The number of benzene rings is 2. The second-order valence-corrected chi connectivity index (χ2v) is 9.21. The third kappa shape index (κ3) is 6.11. The monoisotopic (exact) mass is 473 g/mol. The molecule has 0 fully saturated rings. The van der Waals surface area contributed by atoms with Crippen molar-refractivity contribution in [1.82, 2.24) is 9.46 Å². The maximum atomic E-state index is 13.0. The van der Waals surface area contributed by atoms with Gasteiger partial charge < -0.3 is 19.3 Å². The Balaban J connectivity index is 1.88. The zero-order valence-corrected chi connectivity index (χ0v) is 19.8. The van der Waals surface area contributed by atoms with E-state index in [2.05, 4.69) is 10.5 Å². The SMILES string of the molecule is CCN(CC)S(=O)(=O)c1ccc(Oc2ccc(C)cc2)c(NC(=O)COc2cc(C)on2)c1. The highest BCUT2D eigenvalue weighted by atomic mass is 32.2. The van der Waals surface area contributed by atoms with Crippen molar-refractivity contribution >= 4 is 21.6 Å². The van der Waals surface area contributed by atoms with Crippen LogP contribution in [0.25, 0.3) is 0 Å². The highest BCUT2D eigenvalue weighted by Crippen LogP contribution is 2.33. The summed E-state index contributed by atoms with van der Waals surface area (Å²) in [6.45, 7) is 7.50. The second-order valence-electron chi connectivity index (χ2n) is 7.28. The molecular formula is C23H27N3O6S. The number of ether oxygens (including phenoxy) is 2. The van der Waals surface area contributed by atoms with Gasteiger partial charge in [0, 0.05) is 19.2 Å². The van der Waals surface area contributed by atoms with Crippen molar-refractivity contribution in [3.05, 3.63) is 59.9 Å². The molecule has 0 aliphatic heterocycles. The largest absolute Gasteiger partial charge is 0.465 e. The molecule has 33 heavy (non-hydrogen) atoms. The average molecular weight is 474 g/mol. The van der Waals surface area contributed by atoms with Crippen LogP contribution in [-0.2, 0) is 14.8 Å². The lowest BCUT2D eigenvalue weighted by Gasteiger charge is -2.20. The predicted octanol–water partition coefficient (Wildman–Crippen LogP) is 4.13. The van der Waals surface area contributed by atoms with Gasteiger partial charge in [0.25, 0.3) is 11.8 Å². The summed E-state index contributed by atoms with van der Waals surface area (Å²) in [6.07, 6.45) is 0. The highest BCUT2D eigenvalue weighted by Gasteiger charge is 2.23. The van der Waals surface area contributed by atoms with Gasteiger partial charge in [-0.15, -0.1) is 0 Å². The summed E-state index contributed by atoms with van der Waals surface area (Å²) >= 11 is 0. The minimum absolute atomic E-state index is 0.0470. The summed E-state index contributed by atoms with van der Waals surface area (Å²) < 4.78 is 43.4. The minimum Gasteiger partial charge on any atom is -0.465 e. The number of aromatic nitrogens is 1. The van der Waals surface area contributed by atoms with Crippen molar-refractivity contribution in [2.45, 2.75) is 32.6 Å². The van der Waals surface area contributed by atoms with E-state index in [1.54, 1.807) is 39.0 Å². The van der Waals surface area contributed by atoms with Gasteiger partial charge in [-0.05, 0) is 49.3 Å². The molecule has 0 unspecified atom stereocenters. The first-order valence-electron chi connectivity index (χ1n) is 10.5. The van der Waals surface area contributed by atoms with Crippen LogP contribution in [0.2, 0.25) is 0 Å². The first kappa shape index (κ1) is 24.3. The van der Waals surface area contributed by atoms with Gasteiger partial charge in [0.2, 0.25) is 10.0 Å².